The maximum Gasteiger partial charge on any atom is 0.357 e. The Hall–Kier alpha value is -0.750. The van der Waals surface area contributed by atoms with Crippen molar-refractivity contribution in [1.29, 1.82) is 0 Å². The first kappa shape index (κ1) is 12.3. The molecule has 2 N–H and O–H groups in total. The van der Waals surface area contributed by atoms with E-state index in [0.717, 1.165) is 6.07 Å². The first-order valence-electron chi connectivity index (χ1n) is 3.74. The van der Waals surface area contributed by atoms with Gasteiger partial charge in [-0.25, -0.2) is 0 Å². The molecular weight excluding hydrogens is 289 g/mol. The van der Waals surface area contributed by atoms with Crippen LogP contribution in [0.25, 0.3) is 0 Å². The van der Waals surface area contributed by atoms with Crippen LogP contribution in [0.15, 0.2) is 16.6 Å². The third-order valence-electron chi connectivity index (χ3n) is 1.78. The fraction of sp³-hybridized carbons (Fsp3) is 0.143. The monoisotopic (exact) mass is 295 g/mol. The van der Waals surface area contributed by atoms with Gasteiger partial charge < -0.3 is 9.79 Å². The van der Waals surface area contributed by atoms with E-state index in [2.05, 4.69) is 15.9 Å². The molecule has 6 nitrogen and oxygen atoms in total. The van der Waals surface area contributed by atoms with Crippen molar-refractivity contribution in [2.75, 3.05) is 0 Å². The van der Waals surface area contributed by atoms with Crippen molar-refractivity contribution in [1.82, 2.24) is 0 Å². The standard InChI is InChI=1S/C7H7BrNO5P/c1-4-2-5(8)7(15(12,13)14)3-6(4)9(10)11/h2-3H,1H3,(H2,12,13,14). The van der Waals surface area contributed by atoms with E-state index in [1.807, 2.05) is 0 Å². The van der Waals surface area contributed by atoms with Crippen LogP contribution in [0.1, 0.15) is 5.56 Å². The second-order valence-electron chi connectivity index (χ2n) is 2.89. The highest BCUT2D eigenvalue weighted by Crippen LogP contribution is 2.38. The molecule has 0 aliphatic rings. The zero-order chi connectivity index (χ0) is 11.8. The van der Waals surface area contributed by atoms with Gasteiger partial charge in [0, 0.05) is 16.1 Å². The van der Waals surface area contributed by atoms with Crippen molar-refractivity contribution >= 4 is 34.5 Å². The third kappa shape index (κ3) is 2.63. The van der Waals surface area contributed by atoms with Gasteiger partial charge in [-0.3, -0.25) is 14.7 Å². The van der Waals surface area contributed by atoms with E-state index in [1.54, 1.807) is 0 Å². The van der Waals surface area contributed by atoms with Gasteiger partial charge in [-0.05, 0) is 28.9 Å². The number of nitro benzene ring substituents is 1. The number of halogens is 1. The molecule has 15 heavy (non-hydrogen) atoms. The van der Waals surface area contributed by atoms with Crippen LogP contribution in [0.5, 0.6) is 0 Å². The highest BCUT2D eigenvalue weighted by atomic mass is 79.9. The summed E-state index contributed by atoms with van der Waals surface area (Å²) in [5.41, 5.74) is 0.0283. The summed E-state index contributed by atoms with van der Waals surface area (Å²) < 4.78 is 11.1. The lowest BCUT2D eigenvalue weighted by atomic mass is 10.2. The molecule has 1 rings (SSSR count). The van der Waals surface area contributed by atoms with Crippen molar-refractivity contribution in [3.8, 4) is 0 Å². The Bertz CT molecular complexity index is 469. The van der Waals surface area contributed by atoms with E-state index < -0.39 is 12.5 Å². The van der Waals surface area contributed by atoms with Crippen LogP contribution < -0.4 is 5.30 Å². The van der Waals surface area contributed by atoms with Gasteiger partial charge in [0.2, 0.25) is 0 Å². The molecule has 0 saturated carbocycles. The number of nitro groups is 1. The second-order valence-corrected chi connectivity index (χ2v) is 5.32. The van der Waals surface area contributed by atoms with E-state index >= 15 is 0 Å². The van der Waals surface area contributed by atoms with Gasteiger partial charge in [0.25, 0.3) is 5.69 Å². The van der Waals surface area contributed by atoms with Crippen LogP contribution in [0, 0.1) is 17.0 Å². The fourth-order valence-electron chi connectivity index (χ4n) is 1.07. The minimum atomic E-state index is -4.49. The molecule has 0 atom stereocenters. The summed E-state index contributed by atoms with van der Waals surface area (Å²) >= 11 is 2.95. The van der Waals surface area contributed by atoms with E-state index in [9.17, 15) is 14.7 Å². The molecule has 8 heteroatoms. The summed E-state index contributed by atoms with van der Waals surface area (Å²) in [6, 6.07) is 2.20. The molecule has 0 unspecified atom stereocenters. The Morgan fingerprint density at radius 2 is 2.00 bits per heavy atom. The number of hydrogen-bond donors (Lipinski definition) is 2. The molecule has 0 aliphatic carbocycles. The van der Waals surface area contributed by atoms with Crippen molar-refractivity contribution < 1.29 is 19.3 Å². The van der Waals surface area contributed by atoms with E-state index in [0.29, 0.717) is 5.56 Å². The van der Waals surface area contributed by atoms with E-state index in [1.165, 1.54) is 13.0 Å². The largest absolute Gasteiger partial charge is 0.357 e. The van der Waals surface area contributed by atoms with E-state index in [-0.39, 0.29) is 15.5 Å². The molecule has 0 radical (unpaired) electrons. The SMILES string of the molecule is Cc1cc(Br)c(P(=O)(O)O)cc1[N+](=O)[O-]. The summed E-state index contributed by atoms with van der Waals surface area (Å²) in [6.07, 6.45) is 0. The molecule has 1 aromatic carbocycles. The van der Waals surface area contributed by atoms with Gasteiger partial charge in [-0.2, -0.15) is 0 Å². The highest BCUT2D eigenvalue weighted by Gasteiger charge is 2.25. The van der Waals surface area contributed by atoms with Gasteiger partial charge in [0.1, 0.15) is 0 Å². The zero-order valence-corrected chi connectivity index (χ0v) is 10.0. The zero-order valence-electron chi connectivity index (χ0n) is 7.55. The molecule has 0 amide bonds. The summed E-state index contributed by atoms with van der Waals surface area (Å²) in [5, 5.41) is 10.2. The predicted molar refractivity (Wildman–Crippen MR) is 57.2 cm³/mol. The van der Waals surface area contributed by atoms with Crippen LogP contribution in [0.4, 0.5) is 5.69 Å². The lowest BCUT2D eigenvalue weighted by molar-refractivity contribution is -0.385. The fourth-order valence-corrected chi connectivity index (χ4v) is 2.85. The van der Waals surface area contributed by atoms with Crippen LogP contribution >= 0.6 is 23.5 Å². The molecule has 82 valence electrons. The number of aryl methyl sites for hydroxylation is 1. The Labute approximate surface area is 93.4 Å². The summed E-state index contributed by atoms with van der Waals surface area (Å²) in [7, 11) is -4.49. The van der Waals surface area contributed by atoms with Crippen molar-refractivity contribution in [2.45, 2.75) is 6.92 Å². The molecule has 0 spiro atoms. The second kappa shape index (κ2) is 4.02. The minimum absolute atomic E-state index is 0.166. The molecule has 0 saturated heterocycles. The first-order valence-corrected chi connectivity index (χ1v) is 6.14. The number of hydrogen-bond acceptors (Lipinski definition) is 3. The van der Waals surface area contributed by atoms with Gasteiger partial charge in [-0.15, -0.1) is 0 Å². The highest BCUT2D eigenvalue weighted by molar-refractivity contribution is 9.10. The average molecular weight is 296 g/mol. The van der Waals surface area contributed by atoms with Gasteiger partial charge in [-0.1, -0.05) is 0 Å². The van der Waals surface area contributed by atoms with Gasteiger partial charge in [0.15, 0.2) is 0 Å². The molecule has 1 aromatic rings. The Balaban J connectivity index is 3.50. The van der Waals surface area contributed by atoms with Crippen molar-refractivity contribution in [3.05, 3.63) is 32.3 Å². The predicted octanol–water partition coefficient (Wildman–Crippen LogP) is 1.47. The molecule has 0 bridgehead atoms. The van der Waals surface area contributed by atoms with Gasteiger partial charge in [0.05, 0.1) is 10.2 Å². The maximum absolute atomic E-state index is 11.0. The van der Waals surface area contributed by atoms with Crippen LogP contribution in [-0.2, 0) is 4.57 Å². The summed E-state index contributed by atoms with van der Waals surface area (Å²) in [4.78, 5) is 27.7. The van der Waals surface area contributed by atoms with Crippen molar-refractivity contribution in [2.24, 2.45) is 0 Å². The molecule has 0 aliphatic heterocycles. The minimum Gasteiger partial charge on any atom is -0.321 e. The first-order chi connectivity index (χ1) is 6.73. The van der Waals surface area contributed by atoms with Crippen molar-refractivity contribution in [3.63, 3.8) is 0 Å². The Morgan fingerprint density at radius 1 is 1.47 bits per heavy atom. The Morgan fingerprint density at radius 3 is 2.40 bits per heavy atom. The van der Waals surface area contributed by atoms with Crippen LogP contribution in [0.3, 0.4) is 0 Å². The summed E-state index contributed by atoms with van der Waals surface area (Å²) in [6.45, 7) is 1.49. The third-order valence-corrected chi connectivity index (χ3v) is 3.74. The lowest BCUT2D eigenvalue weighted by Gasteiger charge is -2.07. The smallest absolute Gasteiger partial charge is 0.321 e. The quantitative estimate of drug-likeness (QED) is 0.489. The number of rotatable bonds is 2. The Kier molecular flexibility index (Phi) is 3.30. The molecule has 0 heterocycles. The molecule has 0 fully saturated rings. The summed E-state index contributed by atoms with van der Waals surface area (Å²) in [5.74, 6) is 0. The normalized spacial score (nSPS) is 11.5. The topological polar surface area (TPSA) is 101 Å². The van der Waals surface area contributed by atoms with E-state index in [4.69, 9.17) is 9.79 Å². The molecular formula is C7H7BrNO5P. The van der Waals surface area contributed by atoms with Crippen LogP contribution in [-0.4, -0.2) is 14.7 Å². The average Bonchev–Trinajstić information content (AvgIpc) is 2.00. The number of benzene rings is 1. The van der Waals surface area contributed by atoms with Gasteiger partial charge >= 0.3 is 7.60 Å². The molecule has 0 aromatic heterocycles. The lowest BCUT2D eigenvalue weighted by Crippen LogP contribution is -2.08. The van der Waals surface area contributed by atoms with Crippen LogP contribution in [0.2, 0.25) is 0 Å². The maximum atomic E-state index is 11.0. The number of nitrogens with zero attached hydrogens (tertiary/aromatic N) is 1.